The number of morpholine rings is 1. The van der Waals surface area contributed by atoms with E-state index in [1.165, 1.54) is 0 Å². The van der Waals surface area contributed by atoms with E-state index in [0.717, 1.165) is 11.6 Å². The number of nitrogens with zero attached hydrogens (tertiary/aromatic N) is 3. The molecule has 1 saturated heterocycles. The first-order valence-electron chi connectivity index (χ1n) is 7.97. The third-order valence-electron chi connectivity index (χ3n) is 3.93. The van der Waals surface area contributed by atoms with E-state index >= 15 is 0 Å². The molecule has 3 heterocycles. The van der Waals surface area contributed by atoms with Gasteiger partial charge in [0.25, 0.3) is 0 Å². The lowest BCUT2D eigenvalue weighted by atomic mass is 10.2. The van der Waals surface area contributed by atoms with Crippen molar-refractivity contribution in [2.75, 3.05) is 19.7 Å². The summed E-state index contributed by atoms with van der Waals surface area (Å²) in [5.74, 6) is 2.66. The van der Waals surface area contributed by atoms with Gasteiger partial charge in [-0.15, -0.1) is 0 Å². The molecular weight excluding hydrogens is 296 g/mol. The van der Waals surface area contributed by atoms with Crippen molar-refractivity contribution in [3.63, 3.8) is 0 Å². The molecule has 1 atom stereocenters. The highest BCUT2D eigenvalue weighted by atomic mass is 16.5. The van der Waals surface area contributed by atoms with E-state index in [2.05, 4.69) is 15.2 Å². The summed E-state index contributed by atoms with van der Waals surface area (Å²) in [6.45, 7) is 5.70. The molecule has 2 aromatic heterocycles. The predicted octanol–water partition coefficient (Wildman–Crippen LogP) is 2.05. The largest absolute Gasteiger partial charge is 0.469 e. The van der Waals surface area contributed by atoms with Crippen molar-refractivity contribution in [2.24, 2.45) is 0 Å². The standard InChI is InChI=1S/C16H22N4O3/c1-11(2)15-17-16(19-18-15)13-10-20(7-9-23-13)14(21)6-5-12-4-3-8-22-12/h3-4,8,11,13H,5-7,9-10H2,1-2H3,(H,17,18,19). The Morgan fingerprint density at radius 1 is 1.52 bits per heavy atom. The maximum absolute atomic E-state index is 12.4. The fraction of sp³-hybridized carbons (Fsp3) is 0.562. The van der Waals surface area contributed by atoms with E-state index in [1.807, 2.05) is 30.9 Å². The molecule has 23 heavy (non-hydrogen) atoms. The van der Waals surface area contributed by atoms with E-state index in [4.69, 9.17) is 9.15 Å². The summed E-state index contributed by atoms with van der Waals surface area (Å²) in [5, 5.41) is 7.13. The Balaban J connectivity index is 1.57. The van der Waals surface area contributed by atoms with Gasteiger partial charge in [-0.3, -0.25) is 9.89 Å². The number of nitrogens with one attached hydrogen (secondary N) is 1. The van der Waals surface area contributed by atoms with Gasteiger partial charge in [-0.2, -0.15) is 5.10 Å². The molecule has 124 valence electrons. The normalized spacial score (nSPS) is 18.6. The molecule has 1 unspecified atom stereocenters. The summed E-state index contributed by atoms with van der Waals surface area (Å²) < 4.78 is 11.0. The Bertz CT molecular complexity index is 636. The van der Waals surface area contributed by atoms with Crippen molar-refractivity contribution in [3.05, 3.63) is 35.8 Å². The van der Waals surface area contributed by atoms with Crippen LogP contribution >= 0.6 is 0 Å². The highest BCUT2D eigenvalue weighted by Crippen LogP contribution is 2.21. The molecule has 0 radical (unpaired) electrons. The maximum atomic E-state index is 12.4. The molecule has 0 saturated carbocycles. The minimum absolute atomic E-state index is 0.110. The lowest BCUT2D eigenvalue weighted by Gasteiger charge is -2.31. The van der Waals surface area contributed by atoms with Gasteiger partial charge >= 0.3 is 0 Å². The van der Waals surface area contributed by atoms with E-state index in [-0.39, 0.29) is 17.9 Å². The number of ether oxygens (including phenoxy) is 1. The Morgan fingerprint density at radius 2 is 2.39 bits per heavy atom. The third kappa shape index (κ3) is 3.79. The van der Waals surface area contributed by atoms with Gasteiger partial charge in [-0.25, -0.2) is 4.98 Å². The number of hydrogen-bond acceptors (Lipinski definition) is 5. The number of aromatic amines is 1. The van der Waals surface area contributed by atoms with E-state index in [9.17, 15) is 4.79 Å². The monoisotopic (exact) mass is 318 g/mol. The summed E-state index contributed by atoms with van der Waals surface area (Å²) in [6, 6.07) is 3.72. The van der Waals surface area contributed by atoms with Gasteiger partial charge in [0.1, 0.15) is 11.9 Å². The molecule has 2 aromatic rings. The number of amides is 1. The molecule has 1 amide bonds. The van der Waals surface area contributed by atoms with E-state index < -0.39 is 0 Å². The molecule has 1 fully saturated rings. The van der Waals surface area contributed by atoms with Crippen LogP contribution in [0.15, 0.2) is 22.8 Å². The molecule has 7 heteroatoms. The average Bonchev–Trinajstić information content (AvgIpc) is 3.24. The first-order valence-corrected chi connectivity index (χ1v) is 7.97. The van der Waals surface area contributed by atoms with Gasteiger partial charge in [0, 0.05) is 25.3 Å². The Labute approximate surface area is 135 Å². The third-order valence-corrected chi connectivity index (χ3v) is 3.93. The minimum atomic E-state index is -0.240. The zero-order valence-corrected chi connectivity index (χ0v) is 13.5. The minimum Gasteiger partial charge on any atom is -0.469 e. The van der Waals surface area contributed by atoms with Crippen LogP contribution in [0, 0.1) is 0 Å². The Hall–Kier alpha value is -2.15. The second-order valence-electron chi connectivity index (χ2n) is 6.01. The van der Waals surface area contributed by atoms with Gasteiger partial charge in [0.15, 0.2) is 11.6 Å². The lowest BCUT2D eigenvalue weighted by molar-refractivity contribution is -0.139. The Morgan fingerprint density at radius 3 is 3.09 bits per heavy atom. The molecule has 3 rings (SSSR count). The van der Waals surface area contributed by atoms with Gasteiger partial charge in [0.2, 0.25) is 5.91 Å². The Kier molecular flexibility index (Phi) is 4.76. The quantitative estimate of drug-likeness (QED) is 0.912. The molecule has 1 aliphatic rings. The number of H-pyrrole nitrogens is 1. The fourth-order valence-electron chi connectivity index (χ4n) is 2.57. The van der Waals surface area contributed by atoms with Crippen molar-refractivity contribution in [2.45, 2.75) is 38.7 Å². The molecule has 0 aromatic carbocycles. The van der Waals surface area contributed by atoms with Crippen molar-refractivity contribution >= 4 is 5.91 Å². The molecule has 1 aliphatic heterocycles. The highest BCUT2D eigenvalue weighted by molar-refractivity contribution is 5.76. The number of carbonyl (C=O) groups is 1. The number of carbonyl (C=O) groups excluding carboxylic acids is 1. The van der Waals surface area contributed by atoms with Gasteiger partial charge in [0.05, 0.1) is 19.4 Å². The van der Waals surface area contributed by atoms with Crippen LogP contribution in [0.2, 0.25) is 0 Å². The van der Waals surface area contributed by atoms with Crippen LogP contribution in [0.3, 0.4) is 0 Å². The first-order chi connectivity index (χ1) is 11.1. The SMILES string of the molecule is CC(C)c1n[nH]c(C2CN(C(=O)CCc3ccco3)CCO2)n1. The first kappa shape index (κ1) is 15.7. The van der Waals surface area contributed by atoms with E-state index in [1.54, 1.807) is 6.26 Å². The van der Waals surface area contributed by atoms with Crippen LogP contribution in [0.4, 0.5) is 0 Å². The lowest BCUT2D eigenvalue weighted by Crippen LogP contribution is -2.42. The van der Waals surface area contributed by atoms with Crippen LogP contribution < -0.4 is 0 Å². The summed E-state index contributed by atoms with van der Waals surface area (Å²) in [5.41, 5.74) is 0. The predicted molar refractivity (Wildman–Crippen MR) is 82.8 cm³/mol. The van der Waals surface area contributed by atoms with Crippen LogP contribution in [-0.2, 0) is 16.0 Å². The molecule has 0 bridgehead atoms. The van der Waals surface area contributed by atoms with Crippen molar-refractivity contribution in [3.8, 4) is 0 Å². The average molecular weight is 318 g/mol. The van der Waals surface area contributed by atoms with Crippen molar-refractivity contribution < 1.29 is 13.9 Å². The number of rotatable bonds is 5. The second kappa shape index (κ2) is 6.95. The van der Waals surface area contributed by atoms with Gasteiger partial charge < -0.3 is 14.1 Å². The fourth-order valence-corrected chi connectivity index (χ4v) is 2.57. The molecular formula is C16H22N4O3. The van der Waals surface area contributed by atoms with Crippen LogP contribution in [0.5, 0.6) is 0 Å². The highest BCUT2D eigenvalue weighted by Gasteiger charge is 2.27. The van der Waals surface area contributed by atoms with Crippen molar-refractivity contribution in [1.29, 1.82) is 0 Å². The zero-order chi connectivity index (χ0) is 16.2. The number of aryl methyl sites for hydroxylation is 1. The van der Waals surface area contributed by atoms with Crippen LogP contribution in [0.1, 0.15) is 49.7 Å². The number of aromatic nitrogens is 3. The topological polar surface area (TPSA) is 84.2 Å². The summed E-state index contributed by atoms with van der Waals surface area (Å²) in [7, 11) is 0. The summed E-state index contributed by atoms with van der Waals surface area (Å²) in [6.07, 6.45) is 2.44. The number of hydrogen-bond donors (Lipinski definition) is 1. The zero-order valence-electron chi connectivity index (χ0n) is 13.5. The molecule has 7 nitrogen and oxygen atoms in total. The van der Waals surface area contributed by atoms with Gasteiger partial charge in [-0.05, 0) is 12.1 Å². The smallest absolute Gasteiger partial charge is 0.223 e. The van der Waals surface area contributed by atoms with E-state index in [0.29, 0.717) is 38.4 Å². The van der Waals surface area contributed by atoms with Crippen molar-refractivity contribution in [1.82, 2.24) is 20.1 Å². The summed E-state index contributed by atoms with van der Waals surface area (Å²) >= 11 is 0. The van der Waals surface area contributed by atoms with Crippen LogP contribution in [0.25, 0.3) is 0 Å². The maximum Gasteiger partial charge on any atom is 0.223 e. The van der Waals surface area contributed by atoms with Crippen LogP contribution in [-0.4, -0.2) is 45.7 Å². The second-order valence-corrected chi connectivity index (χ2v) is 6.01. The number of furan rings is 1. The molecule has 0 aliphatic carbocycles. The molecule has 1 N–H and O–H groups in total. The van der Waals surface area contributed by atoms with Gasteiger partial charge in [-0.1, -0.05) is 13.8 Å². The summed E-state index contributed by atoms with van der Waals surface area (Å²) in [4.78, 5) is 18.7. The molecule has 0 spiro atoms.